The number of pyridine rings is 1. The van der Waals surface area contributed by atoms with E-state index in [-0.39, 0.29) is 11.8 Å². The molecule has 3 aromatic heterocycles. The molecule has 0 unspecified atom stereocenters. The monoisotopic (exact) mass is 441 g/mol. The Morgan fingerprint density at radius 1 is 1.06 bits per heavy atom. The molecule has 1 atom stereocenters. The summed E-state index contributed by atoms with van der Waals surface area (Å²) in [6.07, 6.45) is 7.33. The lowest BCUT2D eigenvalue weighted by atomic mass is 9.89. The molecule has 4 heterocycles. The first-order valence-electron chi connectivity index (χ1n) is 10.7. The number of amides is 1. The van der Waals surface area contributed by atoms with Crippen LogP contribution in [0.25, 0.3) is 22.5 Å². The zero-order valence-electron chi connectivity index (χ0n) is 17.8. The normalized spacial score (nSPS) is 16.2. The second-order valence-corrected chi connectivity index (χ2v) is 9.00. The van der Waals surface area contributed by atoms with Gasteiger partial charge in [-0.25, -0.2) is 15.0 Å². The Hall–Kier alpha value is -3.45. The van der Waals surface area contributed by atoms with E-state index in [1.807, 2.05) is 53.7 Å². The van der Waals surface area contributed by atoms with Crippen molar-refractivity contribution in [2.45, 2.75) is 25.7 Å². The molecule has 7 heteroatoms. The number of carbonyl (C=O) groups excluding carboxylic acids is 1. The lowest BCUT2D eigenvalue weighted by Gasteiger charge is -2.33. The largest absolute Gasteiger partial charge is 0.337 e. The summed E-state index contributed by atoms with van der Waals surface area (Å²) < 4.78 is 0. The zero-order valence-corrected chi connectivity index (χ0v) is 18.6. The fourth-order valence-electron chi connectivity index (χ4n) is 4.19. The van der Waals surface area contributed by atoms with Crippen LogP contribution in [0.3, 0.4) is 0 Å². The molecule has 1 fully saturated rings. The molecule has 6 nitrogen and oxygen atoms in total. The van der Waals surface area contributed by atoms with Crippen molar-refractivity contribution in [3.63, 3.8) is 0 Å². The molecule has 0 spiro atoms. The molecule has 1 amide bonds. The van der Waals surface area contributed by atoms with E-state index in [4.69, 9.17) is 4.98 Å². The van der Waals surface area contributed by atoms with Crippen LogP contribution < -0.4 is 0 Å². The Labute approximate surface area is 191 Å². The van der Waals surface area contributed by atoms with E-state index in [9.17, 15) is 4.79 Å². The Morgan fingerprint density at radius 2 is 1.88 bits per heavy atom. The first-order chi connectivity index (χ1) is 15.7. The Balaban J connectivity index is 1.52. The van der Waals surface area contributed by atoms with Crippen LogP contribution in [0, 0.1) is 6.92 Å². The smallest absolute Gasteiger partial charge is 0.273 e. The Bertz CT molecular complexity index is 1230. The van der Waals surface area contributed by atoms with Crippen LogP contribution in [0.4, 0.5) is 0 Å². The molecule has 1 aliphatic heterocycles. The van der Waals surface area contributed by atoms with Gasteiger partial charge in [-0.3, -0.25) is 9.78 Å². The quantitative estimate of drug-likeness (QED) is 0.446. The first-order valence-corrected chi connectivity index (χ1v) is 11.6. The number of hydrogen-bond acceptors (Lipinski definition) is 6. The second kappa shape index (κ2) is 8.96. The number of likely N-dealkylation sites (tertiary alicyclic amines) is 1. The molecule has 1 aromatic carbocycles. The fourth-order valence-corrected chi connectivity index (χ4v) is 4.78. The highest BCUT2D eigenvalue weighted by Gasteiger charge is 2.29. The number of aromatic nitrogens is 4. The van der Waals surface area contributed by atoms with Gasteiger partial charge < -0.3 is 4.90 Å². The van der Waals surface area contributed by atoms with Gasteiger partial charge in [0.25, 0.3) is 5.91 Å². The molecule has 4 aromatic rings. The van der Waals surface area contributed by atoms with E-state index in [1.165, 1.54) is 11.3 Å². The van der Waals surface area contributed by atoms with E-state index >= 15 is 0 Å². The predicted octanol–water partition coefficient (Wildman–Crippen LogP) is 4.99. The molecule has 32 heavy (non-hydrogen) atoms. The van der Waals surface area contributed by atoms with E-state index in [0.717, 1.165) is 46.8 Å². The molecule has 1 aliphatic rings. The van der Waals surface area contributed by atoms with Gasteiger partial charge in [-0.2, -0.15) is 0 Å². The lowest BCUT2D eigenvalue weighted by Crippen LogP contribution is -2.39. The van der Waals surface area contributed by atoms with Crippen LogP contribution in [0.15, 0.2) is 66.4 Å². The minimum absolute atomic E-state index is 0.00345. The number of nitrogens with zero attached hydrogens (tertiary/aromatic N) is 5. The van der Waals surface area contributed by atoms with Crippen molar-refractivity contribution in [1.82, 2.24) is 24.8 Å². The number of thiazole rings is 1. The van der Waals surface area contributed by atoms with E-state index in [0.29, 0.717) is 18.1 Å². The van der Waals surface area contributed by atoms with Crippen LogP contribution >= 0.6 is 11.3 Å². The van der Waals surface area contributed by atoms with Gasteiger partial charge in [-0.15, -0.1) is 11.3 Å². The van der Waals surface area contributed by atoms with Crippen molar-refractivity contribution in [2.24, 2.45) is 0 Å². The van der Waals surface area contributed by atoms with Crippen molar-refractivity contribution < 1.29 is 4.79 Å². The molecule has 0 aliphatic carbocycles. The highest BCUT2D eigenvalue weighted by atomic mass is 32.1. The lowest BCUT2D eigenvalue weighted by molar-refractivity contribution is 0.0700. The maximum atomic E-state index is 13.1. The molecule has 5 rings (SSSR count). The molecular weight excluding hydrogens is 418 g/mol. The molecule has 0 N–H and O–H groups in total. The van der Waals surface area contributed by atoms with Gasteiger partial charge in [0.1, 0.15) is 5.69 Å². The van der Waals surface area contributed by atoms with Gasteiger partial charge in [0.15, 0.2) is 5.82 Å². The maximum Gasteiger partial charge on any atom is 0.273 e. The second-order valence-electron chi connectivity index (χ2n) is 7.94. The summed E-state index contributed by atoms with van der Waals surface area (Å²) >= 11 is 1.51. The van der Waals surface area contributed by atoms with E-state index in [2.05, 4.69) is 27.1 Å². The third-order valence-electron chi connectivity index (χ3n) is 5.77. The van der Waals surface area contributed by atoms with Crippen LogP contribution in [-0.2, 0) is 0 Å². The SMILES string of the molecule is Cc1nc(C(=O)N2CCC[C@@H](c3nc(-c4ccncc4)ncc3-c3ccccc3)C2)cs1. The van der Waals surface area contributed by atoms with Crippen LogP contribution in [-0.4, -0.2) is 43.8 Å². The highest BCUT2D eigenvalue weighted by molar-refractivity contribution is 7.09. The molecular formula is C25H23N5OS. The highest BCUT2D eigenvalue weighted by Crippen LogP contribution is 2.34. The number of benzene rings is 1. The molecule has 160 valence electrons. The number of carbonyl (C=O) groups is 1. The summed E-state index contributed by atoms with van der Waals surface area (Å²) in [5, 5.41) is 2.76. The summed E-state index contributed by atoms with van der Waals surface area (Å²) in [7, 11) is 0. The number of hydrogen-bond donors (Lipinski definition) is 0. The van der Waals surface area contributed by atoms with Gasteiger partial charge in [0, 0.05) is 54.1 Å². The number of aryl methyl sites for hydroxylation is 1. The third kappa shape index (κ3) is 4.16. The van der Waals surface area contributed by atoms with Gasteiger partial charge in [-0.1, -0.05) is 30.3 Å². The summed E-state index contributed by atoms with van der Waals surface area (Å²) in [5.41, 5.74) is 4.57. The van der Waals surface area contributed by atoms with Crippen LogP contribution in [0.2, 0.25) is 0 Å². The minimum Gasteiger partial charge on any atom is -0.337 e. The minimum atomic E-state index is 0.00345. The molecule has 0 bridgehead atoms. The van der Waals surface area contributed by atoms with E-state index < -0.39 is 0 Å². The van der Waals surface area contributed by atoms with Gasteiger partial charge in [0.05, 0.1) is 10.7 Å². The Morgan fingerprint density at radius 3 is 2.62 bits per heavy atom. The summed E-state index contributed by atoms with van der Waals surface area (Å²) in [4.78, 5) is 33.2. The third-order valence-corrected chi connectivity index (χ3v) is 6.55. The van der Waals surface area contributed by atoms with Crippen LogP contribution in [0.5, 0.6) is 0 Å². The average molecular weight is 442 g/mol. The Kier molecular flexibility index (Phi) is 5.73. The van der Waals surface area contributed by atoms with Crippen molar-refractivity contribution in [2.75, 3.05) is 13.1 Å². The van der Waals surface area contributed by atoms with Gasteiger partial charge in [0.2, 0.25) is 0 Å². The standard InChI is InChI=1S/C25H23N5OS/c1-17-28-22(16-32-17)25(31)30-13-5-8-20(15-30)23-21(18-6-3-2-4-7-18)14-27-24(29-23)19-9-11-26-12-10-19/h2-4,6-7,9-12,14,16,20H,5,8,13,15H2,1H3/t20-/m1/s1. The summed E-state index contributed by atoms with van der Waals surface area (Å²) in [6.45, 7) is 3.30. The van der Waals surface area contributed by atoms with Crippen molar-refractivity contribution in [3.05, 3.63) is 82.8 Å². The van der Waals surface area contributed by atoms with Crippen molar-refractivity contribution >= 4 is 17.2 Å². The predicted molar refractivity (Wildman–Crippen MR) is 125 cm³/mol. The summed E-state index contributed by atoms with van der Waals surface area (Å²) in [5.74, 6) is 0.815. The van der Waals surface area contributed by atoms with Crippen LogP contribution in [0.1, 0.15) is 39.9 Å². The van der Waals surface area contributed by atoms with Crippen molar-refractivity contribution in [1.29, 1.82) is 0 Å². The first kappa shape index (κ1) is 20.5. The van der Waals surface area contributed by atoms with E-state index in [1.54, 1.807) is 12.4 Å². The molecule has 1 saturated heterocycles. The molecule has 0 radical (unpaired) electrons. The number of rotatable bonds is 4. The van der Waals surface area contributed by atoms with Gasteiger partial charge >= 0.3 is 0 Å². The van der Waals surface area contributed by atoms with Crippen molar-refractivity contribution in [3.8, 4) is 22.5 Å². The fraction of sp³-hybridized carbons (Fsp3) is 0.240. The number of piperidine rings is 1. The van der Waals surface area contributed by atoms with Gasteiger partial charge in [-0.05, 0) is 37.5 Å². The zero-order chi connectivity index (χ0) is 21.9. The topological polar surface area (TPSA) is 71.9 Å². The average Bonchev–Trinajstić information content (AvgIpc) is 3.30. The summed E-state index contributed by atoms with van der Waals surface area (Å²) in [6, 6.07) is 14.1. The molecule has 0 saturated carbocycles. The maximum absolute atomic E-state index is 13.1.